The highest BCUT2D eigenvalue weighted by atomic mass is 35.5. The molecule has 1 aromatic carbocycles. The van der Waals surface area contributed by atoms with Crippen LogP contribution in [0.4, 0.5) is 0 Å². The molecular formula is C18H28Cl2N4O2. The van der Waals surface area contributed by atoms with Crippen LogP contribution >= 0.6 is 24.8 Å². The van der Waals surface area contributed by atoms with Gasteiger partial charge < -0.3 is 16.8 Å². The van der Waals surface area contributed by atoms with E-state index in [1.165, 1.54) is 5.56 Å². The van der Waals surface area contributed by atoms with Crippen molar-refractivity contribution in [3.63, 3.8) is 0 Å². The second-order valence-electron chi connectivity index (χ2n) is 7.14. The zero-order valence-corrected chi connectivity index (χ0v) is 16.4. The Hall–Kier alpha value is -1.34. The van der Waals surface area contributed by atoms with E-state index in [9.17, 15) is 9.59 Å². The highest BCUT2D eigenvalue weighted by Crippen LogP contribution is 2.32. The first-order valence-corrected chi connectivity index (χ1v) is 8.63. The largest absolute Gasteiger partial charge is 0.369 e. The lowest BCUT2D eigenvalue weighted by Crippen LogP contribution is -2.42. The van der Waals surface area contributed by atoms with Crippen LogP contribution in [-0.4, -0.2) is 35.3 Å². The van der Waals surface area contributed by atoms with Crippen LogP contribution in [-0.2, 0) is 22.7 Å². The Morgan fingerprint density at radius 2 is 1.92 bits per heavy atom. The van der Waals surface area contributed by atoms with Crippen LogP contribution in [0.5, 0.6) is 0 Å². The zero-order chi connectivity index (χ0) is 17.2. The lowest BCUT2D eigenvalue weighted by molar-refractivity contribution is -0.124. The van der Waals surface area contributed by atoms with E-state index in [1.807, 2.05) is 12.1 Å². The van der Waals surface area contributed by atoms with Crippen LogP contribution < -0.4 is 16.8 Å². The molecule has 1 atom stereocenters. The van der Waals surface area contributed by atoms with E-state index < -0.39 is 5.54 Å². The summed E-state index contributed by atoms with van der Waals surface area (Å²) in [6.45, 7) is 3.01. The minimum absolute atomic E-state index is 0. The fourth-order valence-corrected chi connectivity index (χ4v) is 3.25. The molecule has 1 unspecified atom stereocenters. The second kappa shape index (κ2) is 9.55. The summed E-state index contributed by atoms with van der Waals surface area (Å²) in [6, 6.07) is 8.18. The molecule has 5 N–H and O–H groups in total. The molecule has 26 heavy (non-hydrogen) atoms. The van der Waals surface area contributed by atoms with Gasteiger partial charge in [0.15, 0.2) is 0 Å². The number of carbonyl (C=O) groups is 2. The molecule has 6 nitrogen and oxygen atoms in total. The van der Waals surface area contributed by atoms with Gasteiger partial charge >= 0.3 is 0 Å². The number of nitrogens with zero attached hydrogens (tertiary/aromatic N) is 1. The zero-order valence-electron chi connectivity index (χ0n) is 14.8. The molecule has 1 aliphatic carbocycles. The highest BCUT2D eigenvalue weighted by Gasteiger charge is 2.45. The van der Waals surface area contributed by atoms with Crippen molar-refractivity contribution < 1.29 is 9.59 Å². The number of hydrogen-bond acceptors (Lipinski definition) is 4. The summed E-state index contributed by atoms with van der Waals surface area (Å²) >= 11 is 0. The van der Waals surface area contributed by atoms with Crippen LogP contribution in [0.25, 0.3) is 0 Å². The maximum Gasteiger partial charge on any atom is 0.240 e. The van der Waals surface area contributed by atoms with Crippen molar-refractivity contribution in [1.29, 1.82) is 0 Å². The number of hydrogen-bond donors (Lipinski definition) is 3. The maximum atomic E-state index is 11.9. The van der Waals surface area contributed by atoms with Gasteiger partial charge in [-0.15, -0.1) is 24.8 Å². The van der Waals surface area contributed by atoms with E-state index in [4.69, 9.17) is 11.5 Å². The number of nitrogens with one attached hydrogen (secondary N) is 1. The van der Waals surface area contributed by atoms with Crippen LogP contribution in [0.3, 0.4) is 0 Å². The smallest absolute Gasteiger partial charge is 0.240 e. The summed E-state index contributed by atoms with van der Waals surface area (Å²) in [5.41, 5.74) is 12.9. The molecule has 0 radical (unpaired) electrons. The van der Waals surface area contributed by atoms with Gasteiger partial charge in [-0.05, 0) is 43.4 Å². The van der Waals surface area contributed by atoms with Gasteiger partial charge in [0.1, 0.15) is 0 Å². The van der Waals surface area contributed by atoms with E-state index in [0.717, 1.165) is 50.9 Å². The molecule has 8 heteroatoms. The molecule has 1 aromatic rings. The molecule has 3 rings (SSSR count). The van der Waals surface area contributed by atoms with Gasteiger partial charge in [0.05, 0.1) is 11.5 Å². The van der Waals surface area contributed by atoms with Crippen LogP contribution in [0, 0.1) is 5.92 Å². The third kappa shape index (κ3) is 5.84. The predicted octanol–water partition coefficient (Wildman–Crippen LogP) is 1.33. The van der Waals surface area contributed by atoms with Gasteiger partial charge in [0, 0.05) is 19.6 Å². The van der Waals surface area contributed by atoms with Gasteiger partial charge in [-0.3, -0.25) is 14.5 Å². The molecule has 1 saturated carbocycles. The second-order valence-corrected chi connectivity index (χ2v) is 7.14. The minimum Gasteiger partial charge on any atom is -0.369 e. The molecule has 0 aromatic heterocycles. The number of primary amides is 1. The number of benzene rings is 1. The molecule has 1 aliphatic heterocycles. The molecule has 2 fully saturated rings. The Morgan fingerprint density at radius 3 is 2.58 bits per heavy atom. The number of rotatable bonds is 6. The third-order valence-electron chi connectivity index (χ3n) is 5.00. The SMILES string of the molecule is Cl.Cl.NC(=O)C1CCCN(Cc2cccc(CNC(=O)C3(N)CC3)c2)C1. The number of nitrogens with two attached hydrogens (primary N) is 2. The molecule has 1 saturated heterocycles. The molecule has 146 valence electrons. The summed E-state index contributed by atoms with van der Waals surface area (Å²) < 4.78 is 0. The molecule has 2 aliphatic rings. The summed E-state index contributed by atoms with van der Waals surface area (Å²) in [6.07, 6.45) is 3.43. The van der Waals surface area contributed by atoms with Crippen molar-refractivity contribution in [2.24, 2.45) is 17.4 Å². The summed E-state index contributed by atoms with van der Waals surface area (Å²) in [5, 5.41) is 2.92. The minimum atomic E-state index is -0.630. The Kier molecular flexibility index (Phi) is 8.34. The average Bonchev–Trinajstić information content (AvgIpc) is 3.32. The van der Waals surface area contributed by atoms with Gasteiger partial charge in [0.2, 0.25) is 11.8 Å². The molecule has 0 spiro atoms. The predicted molar refractivity (Wildman–Crippen MR) is 106 cm³/mol. The van der Waals surface area contributed by atoms with Crippen molar-refractivity contribution in [3.05, 3.63) is 35.4 Å². The molecule has 1 heterocycles. The lowest BCUT2D eigenvalue weighted by atomic mass is 9.97. The lowest BCUT2D eigenvalue weighted by Gasteiger charge is -2.31. The Balaban J connectivity index is 0.00000169. The number of piperidine rings is 1. The quantitative estimate of drug-likeness (QED) is 0.667. The number of carbonyl (C=O) groups excluding carboxylic acids is 2. The topological polar surface area (TPSA) is 101 Å². The number of halogens is 2. The first-order chi connectivity index (χ1) is 11.5. The summed E-state index contributed by atoms with van der Waals surface area (Å²) in [7, 11) is 0. The molecule has 2 amide bonds. The van der Waals surface area contributed by atoms with Gasteiger partial charge in [-0.1, -0.05) is 24.3 Å². The standard InChI is InChI=1S/C18H26N4O2.2ClH/c19-16(23)15-5-2-8-22(12-15)11-14-4-1-3-13(9-14)10-21-17(24)18(20)6-7-18;;/h1,3-4,9,15H,2,5-8,10-12,20H2,(H2,19,23)(H,21,24);2*1H. The van der Waals surface area contributed by atoms with E-state index in [0.29, 0.717) is 6.54 Å². The van der Waals surface area contributed by atoms with Crippen molar-refractivity contribution in [3.8, 4) is 0 Å². The first kappa shape index (κ1) is 22.7. The van der Waals surface area contributed by atoms with E-state index in [-0.39, 0.29) is 42.5 Å². The van der Waals surface area contributed by atoms with E-state index >= 15 is 0 Å². The Morgan fingerprint density at radius 1 is 1.23 bits per heavy atom. The maximum absolute atomic E-state index is 11.9. The fraction of sp³-hybridized carbons (Fsp3) is 0.556. The highest BCUT2D eigenvalue weighted by molar-refractivity contribution is 5.88. The average molecular weight is 403 g/mol. The fourth-order valence-electron chi connectivity index (χ4n) is 3.25. The summed E-state index contributed by atoms with van der Waals surface area (Å²) in [4.78, 5) is 25.6. The normalized spacial score (nSPS) is 21.0. The van der Waals surface area contributed by atoms with Gasteiger partial charge in [0.25, 0.3) is 0 Å². The van der Waals surface area contributed by atoms with E-state index in [2.05, 4.69) is 22.3 Å². The van der Waals surface area contributed by atoms with Crippen molar-refractivity contribution >= 4 is 36.6 Å². The monoisotopic (exact) mass is 402 g/mol. The van der Waals surface area contributed by atoms with E-state index in [1.54, 1.807) is 0 Å². The Bertz CT molecular complexity index is 637. The molecule has 0 bridgehead atoms. The van der Waals surface area contributed by atoms with Crippen molar-refractivity contribution in [2.45, 2.75) is 44.3 Å². The first-order valence-electron chi connectivity index (χ1n) is 8.63. The van der Waals surface area contributed by atoms with Crippen LogP contribution in [0.15, 0.2) is 24.3 Å². The van der Waals surface area contributed by atoms with Crippen LogP contribution in [0.2, 0.25) is 0 Å². The van der Waals surface area contributed by atoms with Crippen LogP contribution in [0.1, 0.15) is 36.8 Å². The Labute approximate surface area is 166 Å². The van der Waals surface area contributed by atoms with Gasteiger partial charge in [-0.2, -0.15) is 0 Å². The van der Waals surface area contributed by atoms with Gasteiger partial charge in [-0.25, -0.2) is 0 Å². The number of likely N-dealkylation sites (tertiary alicyclic amines) is 1. The van der Waals surface area contributed by atoms with Crippen molar-refractivity contribution in [2.75, 3.05) is 13.1 Å². The van der Waals surface area contributed by atoms with Crippen molar-refractivity contribution in [1.82, 2.24) is 10.2 Å². The molecular weight excluding hydrogens is 375 g/mol. The third-order valence-corrected chi connectivity index (χ3v) is 5.00. The number of amides is 2. The summed E-state index contributed by atoms with van der Waals surface area (Å²) in [5.74, 6) is -0.305.